The Labute approximate surface area is 135 Å². The van der Waals surface area contributed by atoms with Gasteiger partial charge in [-0.1, -0.05) is 12.1 Å². The molecule has 9 heteroatoms. The predicted octanol–water partition coefficient (Wildman–Crippen LogP) is 1.85. The van der Waals surface area contributed by atoms with E-state index >= 15 is 0 Å². The fourth-order valence-corrected chi connectivity index (χ4v) is 1.87. The molecule has 8 nitrogen and oxygen atoms in total. The van der Waals surface area contributed by atoms with E-state index in [2.05, 4.69) is 5.32 Å². The molecule has 2 amide bonds. The summed E-state index contributed by atoms with van der Waals surface area (Å²) in [5, 5.41) is 13.0. The number of halogens is 1. The molecule has 0 fully saturated rings. The summed E-state index contributed by atoms with van der Waals surface area (Å²) in [5.41, 5.74) is 4.58. The Kier molecular flexibility index (Phi) is 5.05. The zero-order valence-corrected chi connectivity index (χ0v) is 12.2. The summed E-state index contributed by atoms with van der Waals surface area (Å²) in [4.78, 5) is 32.8. The lowest BCUT2D eigenvalue weighted by Gasteiger charge is -2.10. The maximum atomic E-state index is 13.2. The number of anilines is 1. The van der Waals surface area contributed by atoms with Crippen molar-refractivity contribution in [2.24, 2.45) is 5.73 Å². The van der Waals surface area contributed by atoms with E-state index in [0.717, 1.165) is 12.1 Å². The van der Waals surface area contributed by atoms with Crippen LogP contribution in [0, 0.1) is 15.9 Å². The van der Waals surface area contributed by atoms with Gasteiger partial charge in [0.2, 0.25) is 5.82 Å². The van der Waals surface area contributed by atoms with Crippen molar-refractivity contribution in [2.75, 3.05) is 11.9 Å². The standard InChI is InChI=1S/C15H12FN3O5/c16-11-6-5-9(7-12(11)19(22)23)18-14(20)8-24-13-4-2-1-3-10(13)15(17)21/h1-7H,8H2,(H2,17,21)(H,18,20). The Balaban J connectivity index is 2.03. The first-order valence-electron chi connectivity index (χ1n) is 6.64. The summed E-state index contributed by atoms with van der Waals surface area (Å²) in [5.74, 6) is -2.23. The Morgan fingerprint density at radius 2 is 1.96 bits per heavy atom. The molecule has 2 aromatic carbocycles. The SMILES string of the molecule is NC(=O)c1ccccc1OCC(=O)Nc1ccc(F)c([N+](=O)[O-])c1. The van der Waals surface area contributed by atoms with E-state index in [9.17, 15) is 24.1 Å². The van der Waals surface area contributed by atoms with Gasteiger partial charge in [-0.05, 0) is 24.3 Å². The zero-order valence-electron chi connectivity index (χ0n) is 12.2. The van der Waals surface area contributed by atoms with Crippen LogP contribution in [0.2, 0.25) is 0 Å². The molecule has 0 spiro atoms. The second-order valence-electron chi connectivity index (χ2n) is 4.62. The monoisotopic (exact) mass is 333 g/mol. The molecule has 0 aliphatic heterocycles. The third-order valence-electron chi connectivity index (χ3n) is 2.94. The number of nitro groups is 1. The summed E-state index contributed by atoms with van der Waals surface area (Å²) in [6.07, 6.45) is 0. The highest BCUT2D eigenvalue weighted by molar-refractivity contribution is 5.96. The number of carbonyl (C=O) groups excluding carboxylic acids is 2. The number of nitrogens with two attached hydrogens (primary N) is 1. The summed E-state index contributed by atoms with van der Waals surface area (Å²) in [6, 6.07) is 9.04. The lowest BCUT2D eigenvalue weighted by Crippen LogP contribution is -2.21. The molecule has 0 bridgehead atoms. The Bertz CT molecular complexity index is 809. The number of nitrogens with zero attached hydrogens (tertiary/aromatic N) is 1. The topological polar surface area (TPSA) is 125 Å². The smallest absolute Gasteiger partial charge is 0.306 e. The van der Waals surface area contributed by atoms with Gasteiger partial charge >= 0.3 is 5.69 Å². The van der Waals surface area contributed by atoms with Crippen LogP contribution in [-0.2, 0) is 4.79 Å². The number of ether oxygens (including phenoxy) is 1. The number of primary amides is 1. The van der Waals surface area contributed by atoms with E-state index < -0.39 is 34.8 Å². The van der Waals surface area contributed by atoms with Crippen molar-refractivity contribution in [3.63, 3.8) is 0 Å². The number of amides is 2. The molecular weight excluding hydrogens is 321 g/mol. The van der Waals surface area contributed by atoms with Gasteiger partial charge in [0.15, 0.2) is 6.61 Å². The Hall–Kier alpha value is -3.49. The number of hydrogen-bond donors (Lipinski definition) is 2. The predicted molar refractivity (Wildman–Crippen MR) is 82.1 cm³/mol. The quantitative estimate of drug-likeness (QED) is 0.616. The second-order valence-corrected chi connectivity index (χ2v) is 4.62. The minimum absolute atomic E-state index is 0.0416. The van der Waals surface area contributed by atoms with Gasteiger partial charge in [0, 0.05) is 11.8 Å². The highest BCUT2D eigenvalue weighted by atomic mass is 19.1. The van der Waals surface area contributed by atoms with Crippen molar-refractivity contribution >= 4 is 23.2 Å². The first kappa shape index (κ1) is 16.9. The molecule has 0 aliphatic rings. The minimum atomic E-state index is -1.01. The van der Waals surface area contributed by atoms with Crippen LogP contribution in [-0.4, -0.2) is 23.3 Å². The van der Waals surface area contributed by atoms with Gasteiger partial charge in [-0.3, -0.25) is 19.7 Å². The molecule has 124 valence electrons. The molecule has 0 radical (unpaired) electrons. The molecule has 0 atom stereocenters. The van der Waals surface area contributed by atoms with Crippen LogP contribution in [0.3, 0.4) is 0 Å². The van der Waals surface area contributed by atoms with Gasteiger partial charge in [0.05, 0.1) is 10.5 Å². The molecule has 3 N–H and O–H groups in total. The van der Waals surface area contributed by atoms with Crippen molar-refractivity contribution in [2.45, 2.75) is 0 Å². The van der Waals surface area contributed by atoms with Crippen molar-refractivity contribution < 1.29 is 23.6 Å². The van der Waals surface area contributed by atoms with Gasteiger partial charge in [-0.25, -0.2) is 0 Å². The molecule has 0 aliphatic carbocycles. The number of rotatable bonds is 6. The molecule has 24 heavy (non-hydrogen) atoms. The van der Waals surface area contributed by atoms with Crippen LogP contribution in [0.4, 0.5) is 15.8 Å². The maximum absolute atomic E-state index is 13.2. The summed E-state index contributed by atoms with van der Waals surface area (Å²) in [7, 11) is 0. The Morgan fingerprint density at radius 1 is 1.25 bits per heavy atom. The molecule has 2 aromatic rings. The van der Waals surface area contributed by atoms with Crippen LogP contribution in [0.25, 0.3) is 0 Å². The van der Waals surface area contributed by atoms with Crippen molar-refractivity contribution in [3.05, 3.63) is 64.0 Å². The third-order valence-corrected chi connectivity index (χ3v) is 2.94. The van der Waals surface area contributed by atoms with Crippen LogP contribution < -0.4 is 15.8 Å². The summed E-state index contributed by atoms with van der Waals surface area (Å²) >= 11 is 0. The highest BCUT2D eigenvalue weighted by Crippen LogP contribution is 2.22. The maximum Gasteiger partial charge on any atom is 0.306 e. The number of benzene rings is 2. The average Bonchev–Trinajstić information content (AvgIpc) is 2.54. The van der Waals surface area contributed by atoms with Gasteiger partial charge in [-0.2, -0.15) is 4.39 Å². The fourth-order valence-electron chi connectivity index (χ4n) is 1.87. The third kappa shape index (κ3) is 4.03. The van der Waals surface area contributed by atoms with E-state index in [0.29, 0.717) is 0 Å². The van der Waals surface area contributed by atoms with E-state index in [1.54, 1.807) is 12.1 Å². The van der Waals surface area contributed by atoms with Crippen LogP contribution in [0.15, 0.2) is 42.5 Å². The molecule has 0 saturated heterocycles. The number of hydrogen-bond acceptors (Lipinski definition) is 5. The number of carbonyl (C=O) groups is 2. The molecule has 0 aromatic heterocycles. The first-order chi connectivity index (χ1) is 11.4. The molecule has 2 rings (SSSR count). The van der Waals surface area contributed by atoms with Crippen molar-refractivity contribution in [3.8, 4) is 5.75 Å². The van der Waals surface area contributed by atoms with E-state index in [4.69, 9.17) is 10.5 Å². The van der Waals surface area contributed by atoms with E-state index in [1.807, 2.05) is 0 Å². The van der Waals surface area contributed by atoms with Crippen LogP contribution in [0.5, 0.6) is 5.75 Å². The van der Waals surface area contributed by atoms with Crippen molar-refractivity contribution in [1.82, 2.24) is 0 Å². The fraction of sp³-hybridized carbons (Fsp3) is 0.0667. The van der Waals surface area contributed by atoms with Gasteiger partial charge in [0.25, 0.3) is 11.8 Å². The lowest BCUT2D eigenvalue weighted by atomic mass is 10.2. The minimum Gasteiger partial charge on any atom is -0.483 e. The lowest BCUT2D eigenvalue weighted by molar-refractivity contribution is -0.387. The average molecular weight is 333 g/mol. The normalized spacial score (nSPS) is 10.0. The largest absolute Gasteiger partial charge is 0.483 e. The van der Waals surface area contributed by atoms with Gasteiger partial charge in [0.1, 0.15) is 5.75 Å². The van der Waals surface area contributed by atoms with E-state index in [1.165, 1.54) is 18.2 Å². The second kappa shape index (κ2) is 7.18. The number of para-hydroxylation sites is 1. The molecule has 0 heterocycles. The summed E-state index contributed by atoms with van der Waals surface area (Å²) < 4.78 is 18.4. The molecule has 0 saturated carbocycles. The zero-order chi connectivity index (χ0) is 17.7. The molecule has 0 unspecified atom stereocenters. The molecular formula is C15H12FN3O5. The van der Waals surface area contributed by atoms with Gasteiger partial charge < -0.3 is 15.8 Å². The van der Waals surface area contributed by atoms with Crippen molar-refractivity contribution in [1.29, 1.82) is 0 Å². The van der Waals surface area contributed by atoms with Crippen LogP contribution >= 0.6 is 0 Å². The van der Waals surface area contributed by atoms with Crippen LogP contribution in [0.1, 0.15) is 10.4 Å². The Morgan fingerprint density at radius 3 is 2.62 bits per heavy atom. The van der Waals surface area contributed by atoms with E-state index in [-0.39, 0.29) is 17.0 Å². The first-order valence-corrected chi connectivity index (χ1v) is 6.64. The van der Waals surface area contributed by atoms with Gasteiger partial charge in [-0.15, -0.1) is 0 Å². The number of nitrogens with one attached hydrogen (secondary N) is 1. The highest BCUT2D eigenvalue weighted by Gasteiger charge is 2.16. The summed E-state index contributed by atoms with van der Waals surface area (Å²) in [6.45, 7) is -0.463. The number of nitro benzene ring substituents is 1.